The fourth-order valence-corrected chi connectivity index (χ4v) is 2.90. The summed E-state index contributed by atoms with van der Waals surface area (Å²) in [6.07, 6.45) is -8.96. The van der Waals surface area contributed by atoms with Crippen molar-refractivity contribution >= 4 is 45.9 Å². The van der Waals surface area contributed by atoms with Crippen LogP contribution in [0.4, 0.5) is 37.7 Å². The van der Waals surface area contributed by atoms with Crippen molar-refractivity contribution in [3.8, 4) is 0 Å². The van der Waals surface area contributed by atoms with Crippen molar-refractivity contribution < 1.29 is 45.4 Å². The number of carbonyl (C=O) groups is 2. The predicted molar refractivity (Wildman–Crippen MR) is 107 cm³/mol. The SMILES string of the molecule is COC(=O)c1cc(I)c(C(F)(F)F)cc1N.COC(=O)c1ccc(C(F)(F)F)cc1N. The molecule has 0 aliphatic carbocycles. The smallest absolute Gasteiger partial charge is 0.417 e. The van der Waals surface area contributed by atoms with Gasteiger partial charge < -0.3 is 20.9 Å². The van der Waals surface area contributed by atoms with E-state index in [1.165, 1.54) is 22.6 Å². The van der Waals surface area contributed by atoms with Crippen LogP contribution >= 0.6 is 22.6 Å². The van der Waals surface area contributed by atoms with E-state index in [0.29, 0.717) is 6.07 Å². The molecule has 2 rings (SSSR count). The lowest BCUT2D eigenvalue weighted by molar-refractivity contribution is -0.138. The Morgan fingerprint density at radius 1 is 0.806 bits per heavy atom. The van der Waals surface area contributed by atoms with Crippen molar-refractivity contribution in [3.05, 3.63) is 56.2 Å². The topological polar surface area (TPSA) is 105 Å². The first-order valence-electron chi connectivity index (χ1n) is 7.93. The molecule has 0 aliphatic rings. The van der Waals surface area contributed by atoms with Gasteiger partial charge in [0.05, 0.1) is 36.5 Å². The molecule has 6 nitrogen and oxygen atoms in total. The molecule has 0 bridgehead atoms. The highest BCUT2D eigenvalue weighted by atomic mass is 127. The summed E-state index contributed by atoms with van der Waals surface area (Å²) >= 11 is 1.49. The third kappa shape index (κ3) is 6.90. The van der Waals surface area contributed by atoms with E-state index < -0.39 is 35.4 Å². The van der Waals surface area contributed by atoms with Crippen LogP contribution < -0.4 is 11.5 Å². The molecule has 0 heterocycles. The minimum atomic E-state index is -4.49. The number of hydrogen-bond donors (Lipinski definition) is 2. The van der Waals surface area contributed by atoms with Gasteiger partial charge in [0.25, 0.3) is 0 Å². The van der Waals surface area contributed by atoms with Crippen molar-refractivity contribution in [1.29, 1.82) is 0 Å². The minimum absolute atomic E-state index is 0.0695. The van der Waals surface area contributed by atoms with Crippen LogP contribution in [0.1, 0.15) is 31.8 Å². The summed E-state index contributed by atoms with van der Waals surface area (Å²) in [5.41, 5.74) is 8.24. The van der Waals surface area contributed by atoms with Crippen molar-refractivity contribution in [1.82, 2.24) is 0 Å². The van der Waals surface area contributed by atoms with Crippen LogP contribution in [0.2, 0.25) is 0 Å². The van der Waals surface area contributed by atoms with Gasteiger partial charge in [-0.2, -0.15) is 26.3 Å². The van der Waals surface area contributed by atoms with E-state index in [-0.39, 0.29) is 26.1 Å². The monoisotopic (exact) mass is 564 g/mol. The fourth-order valence-electron chi connectivity index (χ4n) is 2.13. The number of rotatable bonds is 2. The third-order valence-electron chi connectivity index (χ3n) is 3.63. The highest BCUT2D eigenvalue weighted by Gasteiger charge is 2.34. The fraction of sp³-hybridized carbons (Fsp3) is 0.222. The van der Waals surface area contributed by atoms with Gasteiger partial charge in [0.2, 0.25) is 0 Å². The normalized spacial score (nSPS) is 11.3. The molecule has 0 fully saturated rings. The number of ether oxygens (including phenoxy) is 2. The van der Waals surface area contributed by atoms with Crippen molar-refractivity contribution in [3.63, 3.8) is 0 Å². The first-order valence-corrected chi connectivity index (χ1v) is 9.00. The summed E-state index contributed by atoms with van der Waals surface area (Å²) in [5.74, 6) is -1.52. The Balaban J connectivity index is 0.000000311. The molecule has 4 N–H and O–H groups in total. The zero-order valence-corrected chi connectivity index (χ0v) is 18.0. The molecular weight excluding hydrogens is 549 g/mol. The lowest BCUT2D eigenvalue weighted by atomic mass is 10.1. The van der Waals surface area contributed by atoms with Gasteiger partial charge in [-0.1, -0.05) is 0 Å². The largest absolute Gasteiger partial charge is 0.465 e. The molecule has 31 heavy (non-hydrogen) atoms. The molecule has 2 aromatic rings. The van der Waals surface area contributed by atoms with Crippen LogP contribution in [0.15, 0.2) is 30.3 Å². The number of nitrogens with two attached hydrogens (primary N) is 2. The molecule has 0 aliphatic heterocycles. The van der Waals surface area contributed by atoms with Gasteiger partial charge in [0.1, 0.15) is 0 Å². The Morgan fingerprint density at radius 3 is 1.71 bits per heavy atom. The third-order valence-corrected chi connectivity index (χ3v) is 4.53. The standard InChI is InChI=1S/C9H7F3INO2.C9H8F3NO2/c1-16-8(15)4-2-6(13)5(3-7(4)14)9(10,11)12;1-15-8(14)6-3-2-5(4-7(6)13)9(10,11)12/h2-3H,14H2,1H3;2-4H,13H2,1H3. The maximum absolute atomic E-state index is 12.5. The number of benzene rings is 2. The molecule has 170 valence electrons. The molecule has 2 aromatic carbocycles. The number of esters is 2. The van der Waals surface area contributed by atoms with Crippen LogP contribution in [0.5, 0.6) is 0 Å². The second-order valence-electron chi connectivity index (χ2n) is 5.70. The number of hydrogen-bond acceptors (Lipinski definition) is 6. The zero-order chi connectivity index (χ0) is 24.1. The van der Waals surface area contributed by atoms with Gasteiger partial charge in [-0.3, -0.25) is 0 Å². The van der Waals surface area contributed by atoms with Crippen LogP contribution in [0.3, 0.4) is 0 Å². The lowest BCUT2D eigenvalue weighted by Gasteiger charge is -2.12. The van der Waals surface area contributed by atoms with Gasteiger partial charge >= 0.3 is 24.3 Å². The van der Waals surface area contributed by atoms with E-state index in [2.05, 4.69) is 9.47 Å². The second kappa shape index (κ2) is 10.1. The Hall–Kier alpha value is -2.71. The van der Waals surface area contributed by atoms with Gasteiger partial charge in [-0.05, 0) is 52.9 Å². The Kier molecular flexibility index (Phi) is 8.55. The molecule has 0 unspecified atom stereocenters. The summed E-state index contributed by atoms with van der Waals surface area (Å²) in [6, 6.07) is 4.26. The second-order valence-corrected chi connectivity index (χ2v) is 6.86. The van der Waals surface area contributed by atoms with Crippen molar-refractivity contribution in [2.75, 3.05) is 25.7 Å². The molecule has 0 saturated carbocycles. The number of methoxy groups -OCH3 is 2. The van der Waals surface area contributed by atoms with Gasteiger partial charge in [-0.25, -0.2) is 9.59 Å². The summed E-state index contributed by atoms with van der Waals surface area (Å²) in [5, 5.41) is 0. The van der Waals surface area contributed by atoms with E-state index in [1.54, 1.807) is 0 Å². The van der Waals surface area contributed by atoms with E-state index in [0.717, 1.165) is 38.5 Å². The summed E-state index contributed by atoms with van der Waals surface area (Å²) in [4.78, 5) is 22.2. The highest BCUT2D eigenvalue weighted by molar-refractivity contribution is 14.1. The number of nitrogen functional groups attached to an aromatic ring is 2. The molecule has 13 heteroatoms. The van der Waals surface area contributed by atoms with Gasteiger partial charge in [-0.15, -0.1) is 0 Å². The van der Waals surface area contributed by atoms with Crippen molar-refractivity contribution in [2.24, 2.45) is 0 Å². The molecular formula is C18H15F6IN2O4. The average Bonchev–Trinajstić information content (AvgIpc) is 2.67. The molecule has 0 aromatic heterocycles. The van der Waals surface area contributed by atoms with Crippen LogP contribution in [0, 0.1) is 3.57 Å². The van der Waals surface area contributed by atoms with Gasteiger partial charge in [0, 0.05) is 14.9 Å². The van der Waals surface area contributed by atoms with Crippen LogP contribution in [0.25, 0.3) is 0 Å². The van der Waals surface area contributed by atoms with Gasteiger partial charge in [0.15, 0.2) is 0 Å². The van der Waals surface area contributed by atoms with E-state index in [1.807, 2.05) is 0 Å². The van der Waals surface area contributed by atoms with E-state index in [9.17, 15) is 35.9 Å². The van der Waals surface area contributed by atoms with Crippen molar-refractivity contribution in [2.45, 2.75) is 12.4 Å². The average molecular weight is 564 g/mol. The molecule has 0 radical (unpaired) electrons. The van der Waals surface area contributed by atoms with E-state index >= 15 is 0 Å². The number of anilines is 2. The summed E-state index contributed by atoms with van der Waals surface area (Å²) < 4.78 is 82.7. The quantitative estimate of drug-likeness (QED) is 0.236. The Bertz CT molecular complexity index is 977. The van der Waals surface area contributed by atoms with E-state index in [4.69, 9.17) is 11.5 Å². The minimum Gasteiger partial charge on any atom is -0.465 e. The lowest BCUT2D eigenvalue weighted by Crippen LogP contribution is -2.12. The maximum atomic E-state index is 12.5. The van der Waals surface area contributed by atoms with Crippen LogP contribution in [-0.2, 0) is 21.8 Å². The molecule has 0 atom stereocenters. The maximum Gasteiger partial charge on any atom is 0.417 e. The summed E-state index contributed by atoms with van der Waals surface area (Å²) in [6.45, 7) is 0. The Morgan fingerprint density at radius 2 is 1.29 bits per heavy atom. The highest BCUT2D eigenvalue weighted by Crippen LogP contribution is 2.35. The molecule has 0 spiro atoms. The zero-order valence-electron chi connectivity index (χ0n) is 15.8. The summed E-state index contributed by atoms with van der Waals surface area (Å²) in [7, 11) is 2.26. The van der Waals surface area contributed by atoms with Crippen LogP contribution in [-0.4, -0.2) is 26.2 Å². The first-order chi connectivity index (χ1) is 14.1. The number of alkyl halides is 6. The predicted octanol–water partition coefficient (Wildman–Crippen LogP) is 4.75. The molecule has 0 amide bonds. The Labute approximate surface area is 185 Å². The number of carbonyl (C=O) groups excluding carboxylic acids is 2. The molecule has 0 saturated heterocycles. The number of halogens is 7. The first kappa shape index (κ1) is 26.3.